The lowest BCUT2D eigenvalue weighted by atomic mass is 10.1. The number of halogens is 4. The fourth-order valence-corrected chi connectivity index (χ4v) is 3.51. The summed E-state index contributed by atoms with van der Waals surface area (Å²) in [4.78, 5) is 11.9. The molecule has 1 aliphatic heterocycles. The third-order valence-electron chi connectivity index (χ3n) is 2.78. The smallest absolute Gasteiger partial charge is 0.345 e. The number of amides is 1. The van der Waals surface area contributed by atoms with Gasteiger partial charge in [-0.15, -0.1) is 0 Å². The van der Waals surface area contributed by atoms with Gasteiger partial charge in [-0.1, -0.05) is 15.9 Å². The minimum atomic E-state index is -4.59. The summed E-state index contributed by atoms with van der Waals surface area (Å²) in [6, 6.07) is 2.33. The van der Waals surface area contributed by atoms with Crippen molar-refractivity contribution in [2.24, 2.45) is 0 Å². The van der Waals surface area contributed by atoms with Crippen LogP contribution in [0.4, 0.5) is 13.2 Å². The number of carbonyl (C=O) groups excluding carboxylic acids is 1. The molecule has 1 N–H and O–H groups in total. The molecular formula is C12H9BrF3NO3S. The number of benzene rings is 1. The summed E-state index contributed by atoms with van der Waals surface area (Å²) in [6.07, 6.45) is -3.30. The Kier molecular flexibility index (Phi) is 4.16. The molecule has 0 saturated heterocycles. The third-order valence-corrected chi connectivity index (χ3v) is 4.87. The second kappa shape index (κ2) is 5.45. The van der Waals surface area contributed by atoms with Gasteiger partial charge in [0.15, 0.2) is 9.84 Å². The Balaban J connectivity index is 2.19. The first-order valence-electron chi connectivity index (χ1n) is 5.67. The maximum Gasteiger partial charge on any atom is 0.417 e. The van der Waals surface area contributed by atoms with E-state index in [2.05, 4.69) is 21.2 Å². The Labute approximate surface area is 127 Å². The molecule has 114 valence electrons. The summed E-state index contributed by atoms with van der Waals surface area (Å²) >= 11 is 2.78. The van der Waals surface area contributed by atoms with E-state index < -0.39 is 33.5 Å². The number of sulfone groups is 1. The molecule has 1 aromatic rings. The molecule has 1 amide bonds. The fourth-order valence-electron chi connectivity index (χ4n) is 1.80. The van der Waals surface area contributed by atoms with Gasteiger partial charge in [0, 0.05) is 15.4 Å². The molecule has 0 aliphatic carbocycles. The Bertz CT molecular complexity index is 713. The molecule has 2 rings (SSSR count). The molecule has 0 saturated carbocycles. The van der Waals surface area contributed by atoms with Gasteiger partial charge in [-0.05, 0) is 24.3 Å². The molecule has 0 bridgehead atoms. The van der Waals surface area contributed by atoms with Crippen molar-refractivity contribution in [3.63, 3.8) is 0 Å². The van der Waals surface area contributed by atoms with E-state index in [1.807, 2.05) is 0 Å². The lowest BCUT2D eigenvalue weighted by Gasteiger charge is -2.13. The molecule has 4 nitrogen and oxygen atoms in total. The second-order valence-electron chi connectivity index (χ2n) is 4.43. The molecule has 0 radical (unpaired) electrons. The molecule has 1 aliphatic rings. The van der Waals surface area contributed by atoms with E-state index in [-0.39, 0.29) is 15.8 Å². The average molecular weight is 384 g/mol. The molecule has 0 spiro atoms. The summed E-state index contributed by atoms with van der Waals surface area (Å²) in [7, 11) is -3.34. The number of nitrogens with one attached hydrogen (secondary N) is 1. The van der Waals surface area contributed by atoms with Crippen LogP contribution in [0.1, 0.15) is 15.9 Å². The van der Waals surface area contributed by atoms with Gasteiger partial charge in [-0.25, -0.2) is 8.42 Å². The Morgan fingerprint density at radius 1 is 1.33 bits per heavy atom. The van der Waals surface area contributed by atoms with Crippen LogP contribution >= 0.6 is 15.9 Å². The molecule has 9 heteroatoms. The van der Waals surface area contributed by atoms with Crippen LogP contribution in [0.15, 0.2) is 34.2 Å². The lowest BCUT2D eigenvalue weighted by molar-refractivity contribution is -0.138. The van der Waals surface area contributed by atoms with E-state index in [0.717, 1.165) is 11.5 Å². The van der Waals surface area contributed by atoms with Crippen molar-refractivity contribution < 1.29 is 26.4 Å². The second-order valence-corrected chi connectivity index (χ2v) is 7.22. The summed E-state index contributed by atoms with van der Waals surface area (Å²) in [5, 5.41) is 3.33. The first-order valence-corrected chi connectivity index (χ1v) is 8.18. The highest BCUT2D eigenvalue weighted by atomic mass is 79.9. The van der Waals surface area contributed by atoms with Crippen LogP contribution in [0.2, 0.25) is 0 Å². The molecular weight excluding hydrogens is 375 g/mol. The topological polar surface area (TPSA) is 63.2 Å². The standard InChI is InChI=1S/C12H9BrF3NO3S/c13-10-2-1-7(5-9(10)12(14,15)16)11(18)17-8-3-4-21(19,20)6-8/h1-5,8H,6H2,(H,17,18). The van der Waals surface area contributed by atoms with Gasteiger partial charge in [-0.3, -0.25) is 4.79 Å². The number of carbonyl (C=O) groups is 1. The highest BCUT2D eigenvalue weighted by Crippen LogP contribution is 2.35. The zero-order valence-corrected chi connectivity index (χ0v) is 12.7. The highest BCUT2D eigenvalue weighted by Gasteiger charge is 2.34. The van der Waals surface area contributed by atoms with Crippen molar-refractivity contribution in [1.82, 2.24) is 5.32 Å². The van der Waals surface area contributed by atoms with Crippen LogP contribution in [0.5, 0.6) is 0 Å². The van der Waals surface area contributed by atoms with Crippen LogP contribution in [0, 0.1) is 0 Å². The van der Waals surface area contributed by atoms with E-state index in [4.69, 9.17) is 0 Å². The van der Waals surface area contributed by atoms with Gasteiger partial charge in [-0.2, -0.15) is 13.2 Å². The van der Waals surface area contributed by atoms with Crippen LogP contribution in [0.3, 0.4) is 0 Å². The number of hydrogen-bond donors (Lipinski definition) is 1. The molecule has 1 aromatic carbocycles. The van der Waals surface area contributed by atoms with Crippen LogP contribution in [-0.2, 0) is 16.0 Å². The lowest BCUT2D eigenvalue weighted by Crippen LogP contribution is -2.35. The van der Waals surface area contributed by atoms with Crippen molar-refractivity contribution in [3.8, 4) is 0 Å². The van der Waals surface area contributed by atoms with Gasteiger partial charge in [0.25, 0.3) is 5.91 Å². The van der Waals surface area contributed by atoms with E-state index in [9.17, 15) is 26.4 Å². The number of rotatable bonds is 2. The first-order chi connectivity index (χ1) is 9.58. The number of hydrogen-bond acceptors (Lipinski definition) is 3. The maximum atomic E-state index is 12.7. The average Bonchev–Trinajstić information content (AvgIpc) is 2.67. The third kappa shape index (κ3) is 3.85. The largest absolute Gasteiger partial charge is 0.417 e. The van der Waals surface area contributed by atoms with Crippen LogP contribution in [0.25, 0.3) is 0 Å². The van der Waals surface area contributed by atoms with Crippen molar-refractivity contribution in [1.29, 1.82) is 0 Å². The molecule has 0 fully saturated rings. The van der Waals surface area contributed by atoms with Crippen molar-refractivity contribution in [2.45, 2.75) is 12.2 Å². The van der Waals surface area contributed by atoms with E-state index in [1.165, 1.54) is 12.1 Å². The quantitative estimate of drug-likeness (QED) is 0.853. The molecule has 21 heavy (non-hydrogen) atoms. The zero-order chi connectivity index (χ0) is 15.8. The number of alkyl halides is 3. The monoisotopic (exact) mass is 383 g/mol. The summed E-state index contributed by atoms with van der Waals surface area (Å²) in [5.41, 5.74) is -1.16. The predicted octanol–water partition coefficient (Wildman–Crippen LogP) is 2.51. The molecule has 0 aromatic heterocycles. The first kappa shape index (κ1) is 16.0. The molecule has 1 atom stereocenters. The van der Waals surface area contributed by atoms with Crippen molar-refractivity contribution in [2.75, 3.05) is 5.75 Å². The molecule has 1 heterocycles. The van der Waals surface area contributed by atoms with Gasteiger partial charge in [0.2, 0.25) is 0 Å². The summed E-state index contributed by atoms with van der Waals surface area (Å²) in [6.45, 7) is 0. The SMILES string of the molecule is O=C(NC1C=CS(=O)(=O)C1)c1ccc(Br)c(C(F)(F)F)c1. The summed E-state index contributed by atoms with van der Waals surface area (Å²) < 4.78 is 60.5. The van der Waals surface area contributed by atoms with Gasteiger partial charge in [0.05, 0.1) is 17.4 Å². The van der Waals surface area contributed by atoms with Crippen LogP contribution < -0.4 is 5.32 Å². The maximum absolute atomic E-state index is 12.7. The highest BCUT2D eigenvalue weighted by molar-refractivity contribution is 9.10. The molecule has 1 unspecified atom stereocenters. The van der Waals surface area contributed by atoms with Gasteiger partial charge >= 0.3 is 6.18 Å². The zero-order valence-electron chi connectivity index (χ0n) is 10.3. The fraction of sp³-hybridized carbons (Fsp3) is 0.250. The van der Waals surface area contributed by atoms with E-state index >= 15 is 0 Å². The normalized spacial score (nSPS) is 20.5. The van der Waals surface area contributed by atoms with Crippen LogP contribution in [-0.4, -0.2) is 26.1 Å². The van der Waals surface area contributed by atoms with Crippen molar-refractivity contribution >= 4 is 31.7 Å². The minimum absolute atomic E-state index is 0.171. The Hall–Kier alpha value is -1.35. The van der Waals surface area contributed by atoms with E-state index in [0.29, 0.717) is 6.07 Å². The van der Waals surface area contributed by atoms with Crippen molar-refractivity contribution in [3.05, 3.63) is 45.3 Å². The Morgan fingerprint density at radius 2 is 2.00 bits per heavy atom. The summed E-state index contributed by atoms with van der Waals surface area (Å²) in [5.74, 6) is -1.05. The van der Waals surface area contributed by atoms with Gasteiger partial charge in [0.1, 0.15) is 0 Å². The van der Waals surface area contributed by atoms with E-state index in [1.54, 1.807) is 0 Å². The Morgan fingerprint density at radius 3 is 2.52 bits per heavy atom. The predicted molar refractivity (Wildman–Crippen MR) is 73.3 cm³/mol. The van der Waals surface area contributed by atoms with Gasteiger partial charge < -0.3 is 5.32 Å². The minimum Gasteiger partial charge on any atom is -0.345 e.